The van der Waals surface area contributed by atoms with Crippen LogP contribution in [0.4, 0.5) is 0 Å². The predicted molar refractivity (Wildman–Crippen MR) is 176 cm³/mol. The van der Waals surface area contributed by atoms with E-state index in [1.54, 1.807) is 0 Å². The third-order valence-corrected chi connectivity index (χ3v) is 10.2. The SMILES string of the molecule is C/C=C\C(/C=C(\CC)C1=CC(N2C3C=CC=CC3C3CC#CC=CC32)=CC=CC1)N1C2C=CC=CC2C2C=CC=CC21. The second-order valence-corrected chi connectivity index (χ2v) is 12.4. The Kier molecular flexibility index (Phi) is 7.62. The highest BCUT2D eigenvalue weighted by molar-refractivity contribution is 5.46. The number of rotatable bonds is 6. The summed E-state index contributed by atoms with van der Waals surface area (Å²) >= 11 is 0. The van der Waals surface area contributed by atoms with Gasteiger partial charge in [0.15, 0.2) is 0 Å². The molecule has 0 spiro atoms. The Bertz CT molecular complexity index is 1470. The molecule has 0 aromatic rings. The highest BCUT2D eigenvalue weighted by Gasteiger charge is 2.48. The first-order valence-corrected chi connectivity index (χ1v) is 16.0. The average Bonchev–Trinajstić information content (AvgIpc) is 3.24. The van der Waals surface area contributed by atoms with Crippen LogP contribution in [0.25, 0.3) is 0 Å². The minimum Gasteiger partial charge on any atom is -0.358 e. The number of hydrogen-bond acceptors (Lipinski definition) is 2. The van der Waals surface area contributed by atoms with Crippen LogP contribution in [0.1, 0.15) is 33.1 Å². The van der Waals surface area contributed by atoms with Gasteiger partial charge < -0.3 is 4.90 Å². The molecular weight excluding hydrogens is 508 g/mol. The van der Waals surface area contributed by atoms with Gasteiger partial charge in [0.2, 0.25) is 0 Å². The number of likely N-dealkylation sites (tertiary alicyclic amines) is 2. The van der Waals surface area contributed by atoms with Crippen molar-refractivity contribution >= 4 is 0 Å². The minimum absolute atomic E-state index is 0.231. The Labute approximate surface area is 252 Å². The highest BCUT2D eigenvalue weighted by Crippen LogP contribution is 2.46. The lowest BCUT2D eigenvalue weighted by molar-refractivity contribution is 0.220. The van der Waals surface area contributed by atoms with E-state index in [-0.39, 0.29) is 6.04 Å². The molecule has 42 heavy (non-hydrogen) atoms. The van der Waals surface area contributed by atoms with Gasteiger partial charge in [-0.05, 0) is 49.1 Å². The summed E-state index contributed by atoms with van der Waals surface area (Å²) in [5.41, 5.74) is 4.20. The van der Waals surface area contributed by atoms with Gasteiger partial charge in [-0.2, -0.15) is 0 Å². The van der Waals surface area contributed by atoms with Crippen molar-refractivity contribution in [1.29, 1.82) is 0 Å². The molecule has 2 aliphatic heterocycles. The smallest absolute Gasteiger partial charge is 0.0549 e. The third-order valence-electron chi connectivity index (χ3n) is 10.2. The molecule has 2 nitrogen and oxygen atoms in total. The molecule has 2 saturated heterocycles. The lowest BCUT2D eigenvalue weighted by atomic mass is 9.83. The predicted octanol–water partition coefficient (Wildman–Crippen LogP) is 7.95. The van der Waals surface area contributed by atoms with Gasteiger partial charge in [0, 0.05) is 53.9 Å². The van der Waals surface area contributed by atoms with Crippen molar-refractivity contribution in [1.82, 2.24) is 9.80 Å². The summed E-state index contributed by atoms with van der Waals surface area (Å²) in [6.45, 7) is 4.48. The van der Waals surface area contributed by atoms with E-state index in [1.165, 1.54) is 16.8 Å². The molecule has 7 aliphatic rings. The summed E-state index contributed by atoms with van der Waals surface area (Å²) in [5, 5.41) is 0. The zero-order chi connectivity index (χ0) is 28.5. The molecular formula is C40H42N2. The molecule has 2 heterocycles. The fourth-order valence-corrected chi connectivity index (χ4v) is 8.40. The van der Waals surface area contributed by atoms with Crippen LogP contribution in [-0.4, -0.2) is 40.0 Å². The molecule has 212 valence electrons. The number of allylic oxidation sites excluding steroid dienone is 14. The van der Waals surface area contributed by atoms with Crippen LogP contribution in [0.15, 0.2) is 144 Å². The molecule has 2 fully saturated rings. The van der Waals surface area contributed by atoms with Crippen molar-refractivity contribution in [2.45, 2.75) is 63.3 Å². The van der Waals surface area contributed by atoms with Crippen LogP contribution in [0.3, 0.4) is 0 Å². The van der Waals surface area contributed by atoms with Gasteiger partial charge in [-0.3, -0.25) is 4.90 Å². The van der Waals surface area contributed by atoms with Crippen LogP contribution in [0.5, 0.6) is 0 Å². The summed E-state index contributed by atoms with van der Waals surface area (Å²) in [6.07, 6.45) is 51.9. The number of hydrogen-bond donors (Lipinski definition) is 0. The third kappa shape index (κ3) is 4.75. The Morgan fingerprint density at radius 1 is 0.857 bits per heavy atom. The van der Waals surface area contributed by atoms with Crippen molar-refractivity contribution in [3.63, 3.8) is 0 Å². The molecule has 7 rings (SSSR count). The summed E-state index contributed by atoms with van der Waals surface area (Å²) in [6, 6.07) is 1.74. The lowest BCUT2D eigenvalue weighted by Crippen LogP contribution is -2.43. The van der Waals surface area contributed by atoms with Crippen LogP contribution < -0.4 is 0 Å². The Balaban J connectivity index is 1.24. The Hall–Kier alpha value is -3.80. The summed E-state index contributed by atoms with van der Waals surface area (Å²) in [7, 11) is 0. The molecule has 9 atom stereocenters. The zero-order valence-corrected chi connectivity index (χ0v) is 24.8. The van der Waals surface area contributed by atoms with E-state index in [2.05, 4.69) is 163 Å². The van der Waals surface area contributed by atoms with Crippen LogP contribution >= 0.6 is 0 Å². The van der Waals surface area contributed by atoms with Gasteiger partial charge in [0.1, 0.15) is 0 Å². The van der Waals surface area contributed by atoms with E-state index >= 15 is 0 Å². The van der Waals surface area contributed by atoms with E-state index in [4.69, 9.17) is 0 Å². The highest BCUT2D eigenvalue weighted by atomic mass is 15.2. The second-order valence-electron chi connectivity index (χ2n) is 12.4. The molecule has 0 radical (unpaired) electrons. The standard InChI is InChI=1S/C40H42N2/c1-3-16-31(41-38-24-13-10-21-35(38)36-22-11-14-25-39(36)41)27-29(4-2)30-17-8-9-18-32(28-30)42-37-23-7-5-6-19-33(37)34-20-12-15-26-40(34)42/h3,7-16,18,20-28,31,33-40H,4,17,19H2,1-2H3/b16-3-,29-27+. The normalized spacial score (nSPS) is 36.5. The lowest BCUT2D eigenvalue weighted by Gasteiger charge is -2.35. The number of nitrogens with zero attached hydrogens (tertiary/aromatic N) is 2. The molecule has 2 heteroatoms. The van der Waals surface area contributed by atoms with Gasteiger partial charge in [0.05, 0.1) is 12.1 Å². The maximum absolute atomic E-state index is 3.41. The van der Waals surface area contributed by atoms with Crippen molar-refractivity contribution in [2.24, 2.45) is 23.7 Å². The summed E-state index contributed by atoms with van der Waals surface area (Å²) in [4.78, 5) is 5.42. The van der Waals surface area contributed by atoms with E-state index in [9.17, 15) is 0 Å². The molecule has 9 unspecified atom stereocenters. The molecule has 0 saturated carbocycles. The molecule has 0 aromatic carbocycles. The van der Waals surface area contributed by atoms with Crippen LogP contribution in [-0.2, 0) is 0 Å². The monoisotopic (exact) mass is 550 g/mol. The topological polar surface area (TPSA) is 6.48 Å². The van der Waals surface area contributed by atoms with Crippen molar-refractivity contribution in [3.8, 4) is 11.8 Å². The quantitative estimate of drug-likeness (QED) is 0.245. The first-order chi connectivity index (χ1) is 20.8. The molecule has 0 N–H and O–H groups in total. The maximum Gasteiger partial charge on any atom is 0.0549 e. The van der Waals surface area contributed by atoms with Gasteiger partial charge >= 0.3 is 0 Å². The van der Waals surface area contributed by atoms with Gasteiger partial charge in [0.25, 0.3) is 0 Å². The van der Waals surface area contributed by atoms with Crippen molar-refractivity contribution in [3.05, 3.63) is 144 Å². The van der Waals surface area contributed by atoms with Crippen molar-refractivity contribution < 1.29 is 0 Å². The second kappa shape index (κ2) is 11.8. The van der Waals surface area contributed by atoms with E-state index in [1.807, 2.05) is 0 Å². The summed E-state index contributed by atoms with van der Waals surface area (Å²) in [5.74, 6) is 8.72. The summed E-state index contributed by atoms with van der Waals surface area (Å²) < 4.78 is 0. The van der Waals surface area contributed by atoms with E-state index in [0.29, 0.717) is 47.8 Å². The minimum atomic E-state index is 0.231. The number of fused-ring (bicyclic) bond motifs is 6. The Morgan fingerprint density at radius 2 is 1.55 bits per heavy atom. The molecule has 5 aliphatic carbocycles. The maximum atomic E-state index is 3.41. The molecule has 0 amide bonds. The van der Waals surface area contributed by atoms with Gasteiger partial charge in [-0.25, -0.2) is 0 Å². The average molecular weight is 551 g/mol. The van der Waals surface area contributed by atoms with Crippen LogP contribution in [0.2, 0.25) is 0 Å². The van der Waals surface area contributed by atoms with Crippen LogP contribution in [0, 0.1) is 35.5 Å². The largest absolute Gasteiger partial charge is 0.358 e. The molecule has 0 bridgehead atoms. The molecule has 0 aromatic heterocycles. The fraction of sp³-hybridized carbons (Fsp3) is 0.350. The van der Waals surface area contributed by atoms with Crippen molar-refractivity contribution in [2.75, 3.05) is 0 Å². The first-order valence-electron chi connectivity index (χ1n) is 16.0. The zero-order valence-electron chi connectivity index (χ0n) is 24.8. The Morgan fingerprint density at radius 3 is 2.26 bits per heavy atom. The van der Waals surface area contributed by atoms with Gasteiger partial charge in [-0.15, -0.1) is 0 Å². The van der Waals surface area contributed by atoms with E-state index in [0.717, 1.165) is 19.3 Å². The fourth-order valence-electron chi connectivity index (χ4n) is 8.40. The first kappa shape index (κ1) is 27.1. The van der Waals surface area contributed by atoms with Gasteiger partial charge in [-0.1, -0.05) is 128 Å². The van der Waals surface area contributed by atoms with E-state index < -0.39 is 0 Å².